The zero-order valence-electron chi connectivity index (χ0n) is 9.47. The van der Waals surface area contributed by atoms with Crippen molar-refractivity contribution < 1.29 is 17.9 Å². The minimum absolute atomic E-state index is 0.200. The first-order chi connectivity index (χ1) is 7.94. The van der Waals surface area contributed by atoms with Crippen molar-refractivity contribution in [2.24, 2.45) is 0 Å². The van der Waals surface area contributed by atoms with Gasteiger partial charge < -0.3 is 10.1 Å². The van der Waals surface area contributed by atoms with Crippen molar-refractivity contribution in [2.75, 3.05) is 13.1 Å². The van der Waals surface area contributed by atoms with E-state index in [2.05, 4.69) is 5.32 Å². The Hall–Kier alpha value is -1.23. The maximum Gasteiger partial charge on any atom is 0.401 e. The minimum atomic E-state index is -4.16. The van der Waals surface area contributed by atoms with Crippen molar-refractivity contribution in [1.82, 2.24) is 5.32 Å². The van der Waals surface area contributed by atoms with Crippen LogP contribution in [-0.2, 0) is 6.42 Å². The lowest BCUT2D eigenvalue weighted by atomic mass is 10.1. The van der Waals surface area contributed by atoms with E-state index in [4.69, 9.17) is 4.74 Å². The number of ether oxygens (including phenoxy) is 1. The highest BCUT2D eigenvalue weighted by atomic mass is 19.4. The van der Waals surface area contributed by atoms with Gasteiger partial charge in [-0.3, -0.25) is 0 Å². The molecule has 1 aliphatic rings. The summed E-state index contributed by atoms with van der Waals surface area (Å²) in [6.07, 6.45) is -3.70. The molecule has 1 aliphatic heterocycles. The van der Waals surface area contributed by atoms with E-state index in [-0.39, 0.29) is 12.6 Å². The van der Waals surface area contributed by atoms with E-state index >= 15 is 0 Å². The predicted molar refractivity (Wildman–Crippen MR) is 58.2 cm³/mol. The highest BCUT2D eigenvalue weighted by Gasteiger charge is 2.28. The molecule has 0 bridgehead atoms. The zero-order valence-corrected chi connectivity index (χ0v) is 9.47. The maximum absolute atomic E-state index is 11.9. The summed E-state index contributed by atoms with van der Waals surface area (Å²) >= 11 is 0. The fraction of sp³-hybridized carbons (Fsp3) is 0.500. The molecule has 0 amide bonds. The van der Waals surface area contributed by atoms with Crippen LogP contribution in [0.3, 0.4) is 0 Å². The van der Waals surface area contributed by atoms with E-state index in [9.17, 15) is 13.2 Å². The molecule has 2 nitrogen and oxygen atoms in total. The molecule has 5 heteroatoms. The van der Waals surface area contributed by atoms with Crippen LogP contribution in [0, 0.1) is 6.92 Å². The number of hydrogen-bond donors (Lipinski definition) is 1. The number of rotatable bonds is 3. The third-order valence-electron chi connectivity index (χ3n) is 2.65. The van der Waals surface area contributed by atoms with Gasteiger partial charge in [0.2, 0.25) is 0 Å². The second-order valence-corrected chi connectivity index (χ2v) is 4.30. The van der Waals surface area contributed by atoms with E-state index in [1.165, 1.54) is 0 Å². The van der Waals surface area contributed by atoms with Crippen LogP contribution in [0.4, 0.5) is 13.2 Å². The van der Waals surface area contributed by atoms with Gasteiger partial charge in [-0.1, -0.05) is 17.7 Å². The third-order valence-corrected chi connectivity index (χ3v) is 2.65. The Kier molecular flexibility index (Phi) is 3.28. The quantitative estimate of drug-likeness (QED) is 0.883. The number of benzene rings is 1. The van der Waals surface area contributed by atoms with Gasteiger partial charge in [0.1, 0.15) is 11.9 Å². The van der Waals surface area contributed by atoms with Crippen molar-refractivity contribution >= 4 is 0 Å². The van der Waals surface area contributed by atoms with Crippen LogP contribution in [0.1, 0.15) is 11.1 Å². The summed E-state index contributed by atoms with van der Waals surface area (Å²) in [5.41, 5.74) is 2.21. The van der Waals surface area contributed by atoms with Crippen LogP contribution in [0.25, 0.3) is 0 Å². The minimum Gasteiger partial charge on any atom is -0.488 e. The lowest BCUT2D eigenvalue weighted by Crippen LogP contribution is -2.36. The highest BCUT2D eigenvalue weighted by molar-refractivity contribution is 5.40. The largest absolute Gasteiger partial charge is 0.488 e. The van der Waals surface area contributed by atoms with Crippen molar-refractivity contribution in [3.8, 4) is 5.75 Å². The second-order valence-electron chi connectivity index (χ2n) is 4.30. The molecular weight excluding hydrogens is 231 g/mol. The summed E-state index contributed by atoms with van der Waals surface area (Å²) in [4.78, 5) is 0. The Labute approximate surface area is 97.8 Å². The van der Waals surface area contributed by atoms with E-state index in [1.54, 1.807) is 0 Å². The van der Waals surface area contributed by atoms with Gasteiger partial charge in [-0.25, -0.2) is 0 Å². The molecule has 1 unspecified atom stereocenters. The number of fused-ring (bicyclic) bond motifs is 1. The summed E-state index contributed by atoms with van der Waals surface area (Å²) < 4.78 is 41.4. The van der Waals surface area contributed by atoms with Gasteiger partial charge in [-0.05, 0) is 18.6 Å². The summed E-state index contributed by atoms with van der Waals surface area (Å²) in [6, 6.07) is 5.82. The van der Waals surface area contributed by atoms with Gasteiger partial charge in [0.05, 0.1) is 6.54 Å². The van der Waals surface area contributed by atoms with E-state index in [1.807, 2.05) is 25.1 Å². The molecule has 0 aromatic heterocycles. The first-order valence-electron chi connectivity index (χ1n) is 5.48. The monoisotopic (exact) mass is 245 g/mol. The maximum atomic E-state index is 11.9. The lowest BCUT2D eigenvalue weighted by Gasteiger charge is -2.13. The molecule has 0 radical (unpaired) electrons. The second kappa shape index (κ2) is 4.56. The standard InChI is InChI=1S/C12H14F3NO/c1-8-2-3-11-9(4-8)5-10(17-11)6-16-7-12(13,14)15/h2-4,10,16H,5-7H2,1H3. The molecule has 1 aromatic rings. The van der Waals surface area contributed by atoms with E-state index in [0.717, 1.165) is 16.9 Å². The lowest BCUT2D eigenvalue weighted by molar-refractivity contribution is -0.125. The normalized spacial score (nSPS) is 18.9. The summed E-state index contributed by atoms with van der Waals surface area (Å²) in [6.45, 7) is 1.23. The first kappa shape index (κ1) is 12.2. The van der Waals surface area contributed by atoms with E-state index in [0.29, 0.717) is 6.42 Å². The molecule has 1 atom stereocenters. The molecular formula is C12H14F3NO. The Balaban J connectivity index is 1.84. The van der Waals surface area contributed by atoms with Crippen LogP contribution >= 0.6 is 0 Å². The van der Waals surface area contributed by atoms with Crippen molar-refractivity contribution in [3.63, 3.8) is 0 Å². The number of halogens is 3. The van der Waals surface area contributed by atoms with Gasteiger partial charge in [0.15, 0.2) is 0 Å². The third kappa shape index (κ3) is 3.36. The Morgan fingerprint density at radius 1 is 1.41 bits per heavy atom. The topological polar surface area (TPSA) is 21.3 Å². The predicted octanol–water partition coefficient (Wildman–Crippen LogP) is 2.45. The number of nitrogens with one attached hydrogen (secondary N) is 1. The fourth-order valence-electron chi connectivity index (χ4n) is 1.94. The summed E-state index contributed by atoms with van der Waals surface area (Å²) in [5.74, 6) is 0.786. The molecule has 1 aromatic carbocycles. The van der Waals surface area contributed by atoms with Crippen molar-refractivity contribution in [1.29, 1.82) is 0 Å². The van der Waals surface area contributed by atoms with Gasteiger partial charge in [0, 0.05) is 13.0 Å². The molecule has 0 spiro atoms. The number of hydrogen-bond acceptors (Lipinski definition) is 2. The average Bonchev–Trinajstić information content (AvgIpc) is 2.57. The SMILES string of the molecule is Cc1ccc2c(c1)CC(CNCC(F)(F)F)O2. The van der Waals surface area contributed by atoms with Gasteiger partial charge in [-0.15, -0.1) is 0 Å². The van der Waals surface area contributed by atoms with Crippen molar-refractivity contribution in [3.05, 3.63) is 29.3 Å². The van der Waals surface area contributed by atoms with Crippen LogP contribution in [0.2, 0.25) is 0 Å². The van der Waals surface area contributed by atoms with Crippen LogP contribution in [0.15, 0.2) is 18.2 Å². The molecule has 0 fully saturated rings. The van der Waals surface area contributed by atoms with E-state index < -0.39 is 12.7 Å². The molecule has 0 saturated carbocycles. The highest BCUT2D eigenvalue weighted by Crippen LogP contribution is 2.29. The Bertz CT molecular complexity index is 403. The Morgan fingerprint density at radius 2 is 2.18 bits per heavy atom. The number of aryl methyl sites for hydroxylation is 1. The molecule has 94 valence electrons. The first-order valence-corrected chi connectivity index (χ1v) is 5.48. The Morgan fingerprint density at radius 3 is 2.88 bits per heavy atom. The molecule has 1 heterocycles. The van der Waals surface area contributed by atoms with Crippen LogP contribution in [0.5, 0.6) is 5.75 Å². The zero-order chi connectivity index (χ0) is 12.5. The average molecular weight is 245 g/mol. The molecule has 2 rings (SSSR count). The molecule has 0 aliphatic carbocycles. The smallest absolute Gasteiger partial charge is 0.401 e. The molecule has 0 saturated heterocycles. The molecule has 1 N–H and O–H groups in total. The van der Waals surface area contributed by atoms with Gasteiger partial charge in [-0.2, -0.15) is 13.2 Å². The fourth-order valence-corrected chi connectivity index (χ4v) is 1.94. The van der Waals surface area contributed by atoms with Crippen LogP contribution < -0.4 is 10.1 Å². The molecule has 17 heavy (non-hydrogen) atoms. The summed E-state index contributed by atoms with van der Waals surface area (Å²) in [7, 11) is 0. The summed E-state index contributed by atoms with van der Waals surface area (Å²) in [5, 5.41) is 2.37. The van der Waals surface area contributed by atoms with Crippen molar-refractivity contribution in [2.45, 2.75) is 25.6 Å². The van der Waals surface area contributed by atoms with Crippen LogP contribution in [-0.4, -0.2) is 25.4 Å². The van der Waals surface area contributed by atoms with Gasteiger partial charge >= 0.3 is 6.18 Å². The number of alkyl halides is 3. The van der Waals surface area contributed by atoms with Gasteiger partial charge in [0.25, 0.3) is 0 Å².